The molecule has 0 saturated carbocycles. The molecule has 8 heteroatoms. The topological polar surface area (TPSA) is 98.0 Å². The number of aromatic nitrogens is 1. The smallest absolute Gasteiger partial charge is 0.265 e. The van der Waals surface area contributed by atoms with Gasteiger partial charge in [-0.15, -0.1) is 0 Å². The van der Waals surface area contributed by atoms with Crippen LogP contribution in [-0.2, 0) is 9.84 Å². The van der Waals surface area contributed by atoms with Crippen molar-refractivity contribution >= 4 is 26.8 Å². The van der Waals surface area contributed by atoms with Crippen molar-refractivity contribution in [1.29, 1.82) is 0 Å². The Morgan fingerprint density at radius 3 is 2.62 bits per heavy atom. The van der Waals surface area contributed by atoms with Crippen LogP contribution in [0.4, 0.5) is 0 Å². The monoisotopic (exact) mass is 412 g/mol. The lowest BCUT2D eigenvalue weighted by Gasteiger charge is -2.14. The van der Waals surface area contributed by atoms with E-state index in [1.807, 2.05) is 0 Å². The minimum atomic E-state index is -3.06. The first-order valence-corrected chi connectivity index (χ1v) is 11.0. The molecule has 3 aromatic rings. The highest BCUT2D eigenvalue weighted by molar-refractivity contribution is 7.91. The van der Waals surface area contributed by atoms with Crippen molar-refractivity contribution in [3.63, 3.8) is 0 Å². The van der Waals surface area contributed by atoms with Crippen LogP contribution in [0.1, 0.15) is 12.0 Å². The fourth-order valence-corrected chi connectivity index (χ4v) is 5.19. The van der Waals surface area contributed by atoms with E-state index in [9.17, 15) is 18.3 Å². The second-order valence-electron chi connectivity index (χ2n) is 6.96. The summed E-state index contributed by atoms with van der Waals surface area (Å²) >= 11 is 0. The first-order chi connectivity index (χ1) is 13.9. The molecule has 4 rings (SSSR count). The Morgan fingerprint density at radius 1 is 1.17 bits per heavy atom. The van der Waals surface area contributed by atoms with Crippen molar-refractivity contribution in [2.45, 2.75) is 12.5 Å². The van der Waals surface area contributed by atoms with Crippen molar-refractivity contribution in [3.05, 3.63) is 64.4 Å². The molecule has 1 saturated heterocycles. The lowest BCUT2D eigenvalue weighted by molar-refractivity contribution is 0.413. The number of aromatic hydroxyl groups is 1. The number of pyridine rings is 1. The van der Waals surface area contributed by atoms with E-state index in [0.717, 1.165) is 0 Å². The molecule has 1 N–H and O–H groups in total. The Hall–Kier alpha value is -3.13. The van der Waals surface area contributed by atoms with Gasteiger partial charge < -0.3 is 9.84 Å². The molecule has 0 spiro atoms. The molecule has 1 atom stereocenters. The van der Waals surface area contributed by atoms with Crippen molar-refractivity contribution in [2.75, 3.05) is 18.6 Å². The fraction of sp³-hybridized carbons (Fsp3) is 0.238. The second-order valence-corrected chi connectivity index (χ2v) is 9.19. The summed E-state index contributed by atoms with van der Waals surface area (Å²) < 4.78 is 29.8. The predicted octanol–water partition coefficient (Wildman–Crippen LogP) is 2.31. The Kier molecular flexibility index (Phi) is 4.87. The van der Waals surface area contributed by atoms with E-state index >= 15 is 0 Å². The highest BCUT2D eigenvalue weighted by Crippen LogP contribution is 2.27. The zero-order valence-corrected chi connectivity index (χ0v) is 16.6. The number of benzene rings is 2. The molecule has 150 valence electrons. The van der Waals surface area contributed by atoms with Crippen LogP contribution in [0.25, 0.3) is 16.5 Å². The van der Waals surface area contributed by atoms with E-state index in [-0.39, 0.29) is 29.0 Å². The van der Waals surface area contributed by atoms with Gasteiger partial charge in [0.2, 0.25) is 5.88 Å². The minimum absolute atomic E-state index is 0.00226. The lowest BCUT2D eigenvalue weighted by Crippen LogP contribution is -2.20. The highest BCUT2D eigenvalue weighted by atomic mass is 32.2. The van der Waals surface area contributed by atoms with Gasteiger partial charge in [-0.3, -0.25) is 9.79 Å². The van der Waals surface area contributed by atoms with Crippen LogP contribution in [0.2, 0.25) is 0 Å². The Morgan fingerprint density at radius 2 is 1.93 bits per heavy atom. The van der Waals surface area contributed by atoms with Gasteiger partial charge in [0.15, 0.2) is 9.84 Å². The highest BCUT2D eigenvalue weighted by Gasteiger charge is 2.27. The zero-order valence-electron chi connectivity index (χ0n) is 15.8. The van der Waals surface area contributed by atoms with Gasteiger partial charge in [-0.2, -0.15) is 0 Å². The third-order valence-corrected chi connectivity index (χ3v) is 6.79. The van der Waals surface area contributed by atoms with Gasteiger partial charge in [0.1, 0.15) is 5.75 Å². The maximum Gasteiger partial charge on any atom is 0.265 e. The molecule has 1 fully saturated rings. The standard InChI is InChI=1S/C21H20N2O5S/c1-28-16-6-4-5-15(11-16)23-20(24)18-8-3-2-7-17(18)19(21(23)25)12-22-14-9-10-29(26,27)13-14/h2-8,11-12,14,25H,9-10,13H2,1H3. The summed E-state index contributed by atoms with van der Waals surface area (Å²) in [4.78, 5) is 17.5. The largest absolute Gasteiger partial charge is 0.497 e. The lowest BCUT2D eigenvalue weighted by atomic mass is 10.1. The molecule has 29 heavy (non-hydrogen) atoms. The summed E-state index contributed by atoms with van der Waals surface area (Å²) in [6.07, 6.45) is 1.92. The number of hydrogen-bond acceptors (Lipinski definition) is 6. The second kappa shape index (κ2) is 7.36. The maximum absolute atomic E-state index is 13.1. The predicted molar refractivity (Wildman–Crippen MR) is 112 cm³/mol. The number of hydrogen-bond donors (Lipinski definition) is 1. The number of aliphatic imine (C=N–C) groups is 1. The van der Waals surface area contributed by atoms with Crippen LogP contribution in [0.3, 0.4) is 0 Å². The van der Waals surface area contributed by atoms with Crippen LogP contribution >= 0.6 is 0 Å². The van der Waals surface area contributed by atoms with Gasteiger partial charge in [0.05, 0.1) is 35.9 Å². The number of sulfone groups is 1. The van der Waals surface area contributed by atoms with E-state index in [1.54, 1.807) is 48.5 Å². The van der Waals surface area contributed by atoms with Gasteiger partial charge >= 0.3 is 0 Å². The van der Waals surface area contributed by atoms with E-state index < -0.39 is 9.84 Å². The fourth-order valence-electron chi connectivity index (χ4n) is 3.55. The number of methoxy groups -OCH3 is 1. The first-order valence-electron chi connectivity index (χ1n) is 9.14. The third-order valence-electron chi connectivity index (χ3n) is 5.04. The van der Waals surface area contributed by atoms with Gasteiger partial charge in [-0.1, -0.05) is 24.3 Å². The summed E-state index contributed by atoms with van der Waals surface area (Å²) in [6, 6.07) is 13.4. The third kappa shape index (κ3) is 3.63. The molecule has 2 aromatic carbocycles. The molecule has 0 amide bonds. The normalized spacial score (nSPS) is 18.4. The van der Waals surface area contributed by atoms with Crippen LogP contribution in [-0.4, -0.2) is 49.0 Å². The SMILES string of the molecule is COc1cccc(-n2c(O)c(C=NC3CCS(=O)(=O)C3)c3ccccc3c2=O)c1. The van der Waals surface area contributed by atoms with Crippen LogP contribution < -0.4 is 10.3 Å². The molecule has 7 nitrogen and oxygen atoms in total. The molecule has 0 aliphatic carbocycles. The molecule has 0 radical (unpaired) electrons. The summed E-state index contributed by atoms with van der Waals surface area (Å²) in [5.41, 5.74) is 0.454. The van der Waals surface area contributed by atoms with E-state index in [2.05, 4.69) is 4.99 Å². The van der Waals surface area contributed by atoms with Crippen LogP contribution in [0, 0.1) is 0 Å². The van der Waals surface area contributed by atoms with Crippen LogP contribution in [0.15, 0.2) is 58.3 Å². The van der Waals surface area contributed by atoms with Gasteiger partial charge in [0.25, 0.3) is 5.56 Å². The van der Waals surface area contributed by atoms with E-state index in [4.69, 9.17) is 4.74 Å². The minimum Gasteiger partial charge on any atom is -0.497 e. The zero-order chi connectivity index (χ0) is 20.6. The number of fused-ring (bicyclic) bond motifs is 1. The Labute approximate surface area is 167 Å². The molecular formula is C21H20N2O5S. The summed E-state index contributed by atoms with van der Waals surface area (Å²) in [7, 11) is -1.54. The average molecular weight is 412 g/mol. The van der Waals surface area contributed by atoms with Gasteiger partial charge in [0, 0.05) is 23.1 Å². The Balaban J connectivity index is 1.91. The van der Waals surface area contributed by atoms with Crippen molar-refractivity contribution < 1.29 is 18.3 Å². The van der Waals surface area contributed by atoms with Crippen molar-refractivity contribution in [3.8, 4) is 17.3 Å². The molecule has 1 aromatic heterocycles. The van der Waals surface area contributed by atoms with E-state index in [0.29, 0.717) is 34.2 Å². The first kappa shape index (κ1) is 19.2. The molecule has 0 bridgehead atoms. The Bertz CT molecular complexity index is 1280. The maximum atomic E-state index is 13.1. The molecule has 1 aliphatic rings. The molecular weight excluding hydrogens is 392 g/mol. The van der Waals surface area contributed by atoms with Crippen LogP contribution in [0.5, 0.6) is 11.6 Å². The summed E-state index contributed by atoms with van der Waals surface area (Å²) in [6.45, 7) is 0. The molecule has 1 unspecified atom stereocenters. The van der Waals surface area contributed by atoms with Crippen molar-refractivity contribution in [2.24, 2.45) is 4.99 Å². The van der Waals surface area contributed by atoms with E-state index in [1.165, 1.54) is 17.9 Å². The van der Waals surface area contributed by atoms with Crippen molar-refractivity contribution in [1.82, 2.24) is 4.57 Å². The van der Waals surface area contributed by atoms with Gasteiger partial charge in [-0.25, -0.2) is 13.0 Å². The number of ether oxygens (including phenoxy) is 1. The molecule has 1 aliphatic heterocycles. The quantitative estimate of drug-likeness (QED) is 0.663. The summed E-state index contributed by atoms with van der Waals surface area (Å²) in [5, 5.41) is 12.0. The number of rotatable bonds is 4. The number of nitrogens with zero attached hydrogens (tertiary/aromatic N) is 2. The summed E-state index contributed by atoms with van der Waals surface area (Å²) in [5.74, 6) is 0.405. The van der Waals surface area contributed by atoms with Gasteiger partial charge in [-0.05, 0) is 24.6 Å². The average Bonchev–Trinajstić information content (AvgIpc) is 3.07. The molecule has 2 heterocycles.